The van der Waals surface area contributed by atoms with Gasteiger partial charge in [0.25, 0.3) is 0 Å². The van der Waals surface area contributed by atoms with Crippen molar-refractivity contribution in [2.45, 2.75) is 78.1 Å². The van der Waals surface area contributed by atoms with Crippen LogP contribution in [-0.2, 0) is 17.5 Å². The molecule has 0 aromatic carbocycles. The van der Waals surface area contributed by atoms with E-state index in [1.165, 1.54) is 4.88 Å². The third-order valence-electron chi connectivity index (χ3n) is 4.42. The average molecular weight is 330 g/mol. The highest BCUT2D eigenvalue weighted by atomic mass is 32.1. The fourth-order valence-corrected chi connectivity index (χ4v) is 10.0. The van der Waals surface area contributed by atoms with Crippen molar-refractivity contribution in [3.63, 3.8) is 0 Å². The molecular weight excluding hydrogens is 298 g/mol. The van der Waals surface area contributed by atoms with E-state index in [1.807, 2.05) is 6.92 Å². The molecule has 0 unspecified atom stereocenters. The lowest BCUT2D eigenvalue weighted by Gasteiger charge is -2.42. The normalized spacial score (nSPS) is 12.9. The molecule has 1 aromatic rings. The van der Waals surface area contributed by atoms with E-state index in [0.29, 0.717) is 16.6 Å². The molecule has 0 saturated carbocycles. The van der Waals surface area contributed by atoms with Gasteiger partial charge in [0, 0.05) is 17.9 Å². The van der Waals surface area contributed by atoms with Crippen LogP contribution in [0.5, 0.6) is 0 Å². The van der Waals surface area contributed by atoms with E-state index in [2.05, 4.69) is 46.5 Å². The minimum absolute atomic E-state index is 0.0286. The number of aryl methyl sites for hydroxylation is 1. The fourth-order valence-electron chi connectivity index (χ4n) is 3.65. The summed E-state index contributed by atoms with van der Waals surface area (Å²) in [6.07, 6.45) is 0.863. The quantitative estimate of drug-likeness (QED) is 0.704. The minimum atomic E-state index is -1.78. The lowest BCUT2D eigenvalue weighted by Crippen LogP contribution is -2.48. The van der Waals surface area contributed by atoms with Crippen molar-refractivity contribution in [3.05, 3.63) is 15.6 Å². The molecular formula is C16H31NO2SSi. The van der Waals surface area contributed by atoms with Crippen molar-refractivity contribution >= 4 is 19.7 Å². The summed E-state index contributed by atoms with van der Waals surface area (Å²) in [5.41, 5.74) is 2.65. The SMILES string of the molecule is Cc1nc(CO)c(CCO[Si](C(C)C)(C(C)C)C(C)C)s1. The maximum absolute atomic E-state index is 9.37. The van der Waals surface area contributed by atoms with Crippen molar-refractivity contribution in [1.29, 1.82) is 0 Å². The average Bonchev–Trinajstić information content (AvgIpc) is 2.73. The van der Waals surface area contributed by atoms with Crippen LogP contribution in [0.1, 0.15) is 57.1 Å². The molecule has 5 heteroatoms. The Morgan fingerprint density at radius 2 is 1.62 bits per heavy atom. The first-order chi connectivity index (χ1) is 9.75. The number of nitrogens with zero attached hydrogens (tertiary/aromatic N) is 1. The molecule has 0 saturated heterocycles. The summed E-state index contributed by atoms with van der Waals surface area (Å²) >= 11 is 1.68. The van der Waals surface area contributed by atoms with Crippen LogP contribution in [0.2, 0.25) is 16.6 Å². The van der Waals surface area contributed by atoms with E-state index in [-0.39, 0.29) is 6.61 Å². The van der Waals surface area contributed by atoms with E-state index in [1.54, 1.807) is 11.3 Å². The molecule has 0 atom stereocenters. The molecule has 21 heavy (non-hydrogen) atoms. The molecule has 122 valence electrons. The smallest absolute Gasteiger partial charge is 0.200 e. The zero-order valence-corrected chi connectivity index (χ0v) is 16.4. The molecule has 1 rings (SSSR count). The van der Waals surface area contributed by atoms with Crippen LogP contribution < -0.4 is 0 Å². The number of thiazole rings is 1. The molecule has 1 heterocycles. The van der Waals surface area contributed by atoms with Gasteiger partial charge in [0.15, 0.2) is 8.32 Å². The maximum atomic E-state index is 9.37. The van der Waals surface area contributed by atoms with E-state index >= 15 is 0 Å². The van der Waals surface area contributed by atoms with Gasteiger partial charge in [-0.25, -0.2) is 4.98 Å². The lowest BCUT2D eigenvalue weighted by atomic mass is 10.3. The predicted molar refractivity (Wildman–Crippen MR) is 93.5 cm³/mol. The van der Waals surface area contributed by atoms with Gasteiger partial charge in [0.05, 0.1) is 17.3 Å². The molecule has 0 aliphatic rings. The van der Waals surface area contributed by atoms with E-state index in [9.17, 15) is 5.11 Å². The number of aliphatic hydroxyl groups excluding tert-OH is 1. The Morgan fingerprint density at radius 1 is 1.10 bits per heavy atom. The van der Waals surface area contributed by atoms with Gasteiger partial charge in [-0.15, -0.1) is 11.3 Å². The molecule has 0 spiro atoms. The monoisotopic (exact) mass is 329 g/mol. The van der Waals surface area contributed by atoms with Gasteiger partial charge in [-0.05, 0) is 23.5 Å². The van der Waals surface area contributed by atoms with Crippen molar-refractivity contribution in [2.75, 3.05) is 6.61 Å². The Balaban J connectivity index is 2.78. The summed E-state index contributed by atoms with van der Waals surface area (Å²) in [5, 5.41) is 10.4. The van der Waals surface area contributed by atoms with Crippen molar-refractivity contribution in [3.8, 4) is 0 Å². The van der Waals surface area contributed by atoms with Crippen molar-refractivity contribution in [2.24, 2.45) is 0 Å². The summed E-state index contributed by atoms with van der Waals surface area (Å²) in [6, 6.07) is 0. The highest BCUT2D eigenvalue weighted by molar-refractivity contribution is 7.11. The highest BCUT2D eigenvalue weighted by Crippen LogP contribution is 2.42. The first-order valence-corrected chi connectivity index (χ1v) is 10.9. The first kappa shape index (κ1) is 18.8. The van der Waals surface area contributed by atoms with Crippen molar-refractivity contribution < 1.29 is 9.53 Å². The van der Waals surface area contributed by atoms with Gasteiger partial charge in [-0.1, -0.05) is 41.5 Å². The topological polar surface area (TPSA) is 42.4 Å². The summed E-state index contributed by atoms with van der Waals surface area (Å²) in [6.45, 7) is 16.6. The summed E-state index contributed by atoms with van der Waals surface area (Å²) < 4.78 is 6.56. The zero-order chi connectivity index (χ0) is 16.2. The second-order valence-corrected chi connectivity index (χ2v) is 13.4. The molecule has 3 nitrogen and oxygen atoms in total. The van der Waals surface area contributed by atoms with Crippen LogP contribution >= 0.6 is 11.3 Å². The van der Waals surface area contributed by atoms with Gasteiger partial charge in [-0.2, -0.15) is 0 Å². The highest BCUT2D eigenvalue weighted by Gasteiger charge is 2.44. The third kappa shape index (κ3) is 4.15. The van der Waals surface area contributed by atoms with Gasteiger partial charge in [-0.3, -0.25) is 0 Å². The van der Waals surface area contributed by atoms with E-state index in [4.69, 9.17) is 4.43 Å². The summed E-state index contributed by atoms with van der Waals surface area (Å²) in [7, 11) is -1.78. The minimum Gasteiger partial charge on any atom is -0.416 e. The molecule has 1 N–H and O–H groups in total. The number of aromatic nitrogens is 1. The van der Waals surface area contributed by atoms with Crippen LogP contribution in [-0.4, -0.2) is 25.0 Å². The molecule has 0 bridgehead atoms. The maximum Gasteiger partial charge on any atom is 0.200 e. The Labute approximate surface area is 134 Å². The van der Waals surface area contributed by atoms with Crippen LogP contribution in [0.25, 0.3) is 0 Å². The Kier molecular flexibility index (Phi) is 7.04. The van der Waals surface area contributed by atoms with E-state index in [0.717, 1.165) is 23.7 Å². The molecule has 0 aliphatic carbocycles. The van der Waals surface area contributed by atoms with Crippen LogP contribution in [0.3, 0.4) is 0 Å². The standard InChI is InChI=1S/C16H31NO2SSi/c1-11(2)21(12(3)4,13(5)6)19-9-8-16-15(10-18)17-14(7)20-16/h11-13,18H,8-10H2,1-7H3. The lowest BCUT2D eigenvalue weighted by molar-refractivity contribution is 0.269. The Hall–Kier alpha value is -0.233. The second kappa shape index (κ2) is 7.86. The zero-order valence-electron chi connectivity index (χ0n) is 14.6. The van der Waals surface area contributed by atoms with Gasteiger partial charge in [0.1, 0.15) is 0 Å². The van der Waals surface area contributed by atoms with Crippen LogP contribution in [0.4, 0.5) is 0 Å². The predicted octanol–water partition coefficient (Wildman–Crippen LogP) is 4.68. The van der Waals surface area contributed by atoms with Gasteiger partial charge < -0.3 is 9.53 Å². The largest absolute Gasteiger partial charge is 0.416 e. The second-order valence-electron chi connectivity index (χ2n) is 6.68. The van der Waals surface area contributed by atoms with Gasteiger partial charge in [0.2, 0.25) is 0 Å². The molecule has 0 radical (unpaired) electrons. The van der Waals surface area contributed by atoms with Gasteiger partial charge >= 0.3 is 0 Å². The number of hydrogen-bond donors (Lipinski definition) is 1. The summed E-state index contributed by atoms with van der Waals surface area (Å²) in [5.74, 6) is 0. The van der Waals surface area contributed by atoms with Crippen LogP contribution in [0, 0.1) is 6.92 Å². The molecule has 0 amide bonds. The number of rotatable bonds is 8. The number of aliphatic hydroxyl groups is 1. The Bertz CT molecular complexity index is 422. The van der Waals surface area contributed by atoms with E-state index < -0.39 is 8.32 Å². The molecule has 1 aromatic heterocycles. The molecule has 0 aliphatic heterocycles. The van der Waals surface area contributed by atoms with Crippen molar-refractivity contribution in [1.82, 2.24) is 4.98 Å². The first-order valence-electron chi connectivity index (χ1n) is 7.95. The molecule has 0 fully saturated rings. The fraction of sp³-hybridized carbons (Fsp3) is 0.812. The Morgan fingerprint density at radius 3 is 2.05 bits per heavy atom. The summed E-state index contributed by atoms with van der Waals surface area (Å²) in [4.78, 5) is 5.55. The third-order valence-corrected chi connectivity index (χ3v) is 11.6. The van der Waals surface area contributed by atoms with Crippen LogP contribution in [0.15, 0.2) is 0 Å². The number of hydrogen-bond acceptors (Lipinski definition) is 4.